The Kier molecular flexibility index (Phi) is 4.50. The molecule has 1 N–H and O–H groups in total. The Labute approximate surface area is 135 Å². The fourth-order valence-corrected chi connectivity index (χ4v) is 4.59. The summed E-state index contributed by atoms with van der Waals surface area (Å²) in [5.74, 6) is -0.173. The average Bonchev–Trinajstić information content (AvgIpc) is 2.93. The summed E-state index contributed by atoms with van der Waals surface area (Å²) in [5, 5.41) is 7.00. The van der Waals surface area contributed by atoms with Gasteiger partial charge in [-0.25, -0.2) is 12.8 Å². The monoisotopic (exact) mass is 337 g/mol. The van der Waals surface area contributed by atoms with Crippen molar-refractivity contribution in [2.24, 2.45) is 5.92 Å². The molecule has 1 aromatic carbocycles. The maximum absolute atomic E-state index is 13.0. The molecule has 3 rings (SSSR count). The quantitative estimate of drug-likeness (QED) is 0.932. The molecule has 2 aromatic rings. The van der Waals surface area contributed by atoms with Crippen molar-refractivity contribution in [1.82, 2.24) is 14.5 Å². The maximum Gasteiger partial charge on any atom is 0.243 e. The minimum absolute atomic E-state index is 0.150. The highest BCUT2D eigenvalue weighted by molar-refractivity contribution is 7.89. The lowest BCUT2D eigenvalue weighted by Crippen LogP contribution is -2.40. The topological polar surface area (TPSA) is 66.1 Å². The number of piperidine rings is 1. The summed E-state index contributed by atoms with van der Waals surface area (Å²) in [7, 11) is -3.56. The van der Waals surface area contributed by atoms with Crippen LogP contribution < -0.4 is 0 Å². The highest BCUT2D eigenvalue weighted by Crippen LogP contribution is 2.26. The minimum Gasteiger partial charge on any atom is -0.282 e. The normalized spacial score (nSPS) is 19.8. The number of aromatic amines is 1. The standard InChI is InChI=1S/C16H20FN3O2S/c1-12-10-18-19-16(12)9-13-3-2-8-20(11-13)23(21,22)15-6-4-14(17)5-7-15/h4-7,10,13H,2-3,8-9,11H2,1H3,(H,18,19)/t13-/m0/s1. The Morgan fingerprint density at radius 1 is 1.35 bits per heavy atom. The zero-order valence-corrected chi connectivity index (χ0v) is 13.8. The summed E-state index contributed by atoms with van der Waals surface area (Å²) < 4.78 is 39.9. The van der Waals surface area contributed by atoms with E-state index in [2.05, 4.69) is 10.2 Å². The fraction of sp³-hybridized carbons (Fsp3) is 0.438. The number of nitrogens with zero attached hydrogens (tertiary/aromatic N) is 2. The first-order valence-corrected chi connectivity index (χ1v) is 9.15. The van der Waals surface area contributed by atoms with Gasteiger partial charge >= 0.3 is 0 Å². The van der Waals surface area contributed by atoms with Gasteiger partial charge in [0.2, 0.25) is 10.0 Å². The van der Waals surface area contributed by atoms with Gasteiger partial charge in [0.15, 0.2) is 0 Å². The Hall–Kier alpha value is -1.73. The number of benzene rings is 1. The fourth-order valence-electron chi connectivity index (χ4n) is 3.04. The average molecular weight is 337 g/mol. The highest BCUT2D eigenvalue weighted by atomic mass is 32.2. The maximum atomic E-state index is 13.0. The number of aryl methyl sites for hydroxylation is 1. The predicted molar refractivity (Wildman–Crippen MR) is 84.9 cm³/mol. The summed E-state index contributed by atoms with van der Waals surface area (Å²) >= 11 is 0. The van der Waals surface area contributed by atoms with Crippen molar-refractivity contribution in [1.29, 1.82) is 0 Å². The molecule has 2 heterocycles. The molecule has 0 amide bonds. The SMILES string of the molecule is Cc1cn[nH]c1C[C@@H]1CCCN(S(=O)(=O)c2ccc(F)cc2)C1. The van der Waals surface area contributed by atoms with Crippen LogP contribution in [0, 0.1) is 18.7 Å². The van der Waals surface area contributed by atoms with E-state index in [4.69, 9.17) is 0 Å². The van der Waals surface area contributed by atoms with Crippen LogP contribution in [0.4, 0.5) is 4.39 Å². The van der Waals surface area contributed by atoms with Gasteiger partial charge in [-0.05, 0) is 61.9 Å². The smallest absolute Gasteiger partial charge is 0.243 e. The molecular weight excluding hydrogens is 317 g/mol. The third-order valence-corrected chi connectivity index (χ3v) is 6.24. The molecule has 5 nitrogen and oxygen atoms in total. The van der Waals surface area contributed by atoms with Crippen LogP contribution in [0.25, 0.3) is 0 Å². The Morgan fingerprint density at radius 3 is 2.74 bits per heavy atom. The number of H-pyrrole nitrogens is 1. The number of nitrogens with one attached hydrogen (secondary N) is 1. The van der Waals surface area contributed by atoms with E-state index in [1.807, 2.05) is 6.92 Å². The lowest BCUT2D eigenvalue weighted by molar-refractivity contribution is 0.264. The number of sulfonamides is 1. The molecule has 23 heavy (non-hydrogen) atoms. The van der Waals surface area contributed by atoms with Gasteiger partial charge in [-0.3, -0.25) is 5.10 Å². The molecule has 7 heteroatoms. The van der Waals surface area contributed by atoms with Crippen molar-refractivity contribution in [2.45, 2.75) is 31.1 Å². The second kappa shape index (κ2) is 6.41. The molecule has 0 radical (unpaired) electrons. The molecule has 0 bridgehead atoms. The van der Waals surface area contributed by atoms with E-state index < -0.39 is 15.8 Å². The molecule has 1 atom stereocenters. The van der Waals surface area contributed by atoms with Crippen molar-refractivity contribution in [3.05, 3.63) is 47.5 Å². The van der Waals surface area contributed by atoms with E-state index in [1.54, 1.807) is 6.20 Å². The van der Waals surface area contributed by atoms with E-state index in [0.717, 1.165) is 30.5 Å². The zero-order chi connectivity index (χ0) is 16.4. The number of hydrogen-bond acceptors (Lipinski definition) is 3. The number of halogens is 1. The van der Waals surface area contributed by atoms with Crippen LogP contribution in [-0.2, 0) is 16.4 Å². The van der Waals surface area contributed by atoms with Crippen LogP contribution in [0.1, 0.15) is 24.1 Å². The molecule has 0 spiro atoms. The van der Waals surface area contributed by atoms with Crippen LogP contribution in [0.15, 0.2) is 35.4 Å². The summed E-state index contributed by atoms with van der Waals surface area (Å²) in [5.41, 5.74) is 2.17. The Balaban J connectivity index is 1.75. The van der Waals surface area contributed by atoms with Gasteiger partial charge < -0.3 is 0 Å². The summed E-state index contributed by atoms with van der Waals surface area (Å²) in [6, 6.07) is 5.02. The molecular formula is C16H20FN3O2S. The van der Waals surface area contributed by atoms with Gasteiger partial charge in [0, 0.05) is 18.8 Å². The molecule has 1 aliphatic rings. The summed E-state index contributed by atoms with van der Waals surface area (Å²) in [4.78, 5) is 0.150. The van der Waals surface area contributed by atoms with Gasteiger partial charge in [0.1, 0.15) is 5.82 Å². The molecule has 1 fully saturated rings. The van der Waals surface area contributed by atoms with Crippen LogP contribution >= 0.6 is 0 Å². The first-order valence-electron chi connectivity index (χ1n) is 7.71. The van der Waals surface area contributed by atoms with Crippen molar-refractivity contribution in [2.75, 3.05) is 13.1 Å². The molecule has 1 aliphatic heterocycles. The number of hydrogen-bond donors (Lipinski definition) is 1. The van der Waals surface area contributed by atoms with Crippen LogP contribution in [0.3, 0.4) is 0 Å². The minimum atomic E-state index is -3.56. The van der Waals surface area contributed by atoms with E-state index in [0.29, 0.717) is 13.1 Å². The zero-order valence-electron chi connectivity index (χ0n) is 13.0. The number of rotatable bonds is 4. The van der Waals surface area contributed by atoms with E-state index >= 15 is 0 Å². The molecule has 124 valence electrons. The molecule has 1 saturated heterocycles. The van der Waals surface area contributed by atoms with Gasteiger partial charge in [-0.15, -0.1) is 0 Å². The second-order valence-electron chi connectivity index (χ2n) is 6.06. The van der Waals surface area contributed by atoms with Gasteiger partial charge in [-0.1, -0.05) is 0 Å². The van der Waals surface area contributed by atoms with E-state index in [1.165, 1.54) is 28.6 Å². The largest absolute Gasteiger partial charge is 0.282 e. The summed E-state index contributed by atoms with van der Waals surface area (Å²) in [6.45, 7) is 2.99. The van der Waals surface area contributed by atoms with Gasteiger partial charge in [0.25, 0.3) is 0 Å². The van der Waals surface area contributed by atoms with Crippen molar-refractivity contribution >= 4 is 10.0 Å². The first-order chi connectivity index (χ1) is 11.0. The van der Waals surface area contributed by atoms with Gasteiger partial charge in [-0.2, -0.15) is 9.40 Å². The van der Waals surface area contributed by atoms with Crippen molar-refractivity contribution in [3.8, 4) is 0 Å². The summed E-state index contributed by atoms with van der Waals surface area (Å²) in [6.07, 6.45) is 4.40. The molecule has 0 aliphatic carbocycles. The van der Waals surface area contributed by atoms with Crippen LogP contribution in [0.5, 0.6) is 0 Å². The molecule has 0 saturated carbocycles. The predicted octanol–water partition coefficient (Wildman–Crippen LogP) is 2.50. The Morgan fingerprint density at radius 2 is 2.09 bits per heavy atom. The highest BCUT2D eigenvalue weighted by Gasteiger charge is 2.30. The van der Waals surface area contributed by atoms with E-state index in [-0.39, 0.29) is 10.8 Å². The first kappa shape index (κ1) is 16.1. The van der Waals surface area contributed by atoms with Crippen LogP contribution in [0.2, 0.25) is 0 Å². The number of aromatic nitrogens is 2. The van der Waals surface area contributed by atoms with Crippen molar-refractivity contribution in [3.63, 3.8) is 0 Å². The molecule has 0 unspecified atom stereocenters. The van der Waals surface area contributed by atoms with Crippen LogP contribution in [-0.4, -0.2) is 36.0 Å². The molecule has 1 aromatic heterocycles. The van der Waals surface area contributed by atoms with E-state index in [9.17, 15) is 12.8 Å². The Bertz CT molecular complexity index is 771. The second-order valence-corrected chi connectivity index (χ2v) is 8.00. The lowest BCUT2D eigenvalue weighted by atomic mass is 9.94. The third-order valence-electron chi connectivity index (χ3n) is 4.36. The van der Waals surface area contributed by atoms with Gasteiger partial charge in [0.05, 0.1) is 11.1 Å². The lowest BCUT2D eigenvalue weighted by Gasteiger charge is -2.31. The van der Waals surface area contributed by atoms with Crippen molar-refractivity contribution < 1.29 is 12.8 Å². The third kappa shape index (κ3) is 3.45.